The van der Waals surface area contributed by atoms with Crippen molar-refractivity contribution >= 4 is 5.78 Å². The van der Waals surface area contributed by atoms with Crippen LogP contribution in [0.3, 0.4) is 0 Å². The van der Waals surface area contributed by atoms with Gasteiger partial charge in [0.25, 0.3) is 0 Å². The number of carbonyl (C=O) groups is 1. The van der Waals surface area contributed by atoms with E-state index in [2.05, 4.69) is 13.8 Å². The Morgan fingerprint density at radius 3 is 2.53 bits per heavy atom. The van der Waals surface area contributed by atoms with Gasteiger partial charge >= 0.3 is 0 Å². The lowest BCUT2D eigenvalue weighted by atomic mass is 10.1. The zero-order chi connectivity index (χ0) is 11.1. The van der Waals surface area contributed by atoms with Crippen LogP contribution in [0.15, 0.2) is 30.3 Å². The van der Waals surface area contributed by atoms with Gasteiger partial charge in [0.1, 0.15) is 6.61 Å². The van der Waals surface area contributed by atoms with Crippen molar-refractivity contribution in [3.63, 3.8) is 0 Å². The SMILES string of the molecule is CC(C)COCC(=O)Cc1ccccc1. The van der Waals surface area contributed by atoms with E-state index in [4.69, 9.17) is 4.74 Å². The molecule has 1 rings (SSSR count). The Kier molecular flexibility index (Phi) is 5.05. The van der Waals surface area contributed by atoms with Crippen LogP contribution in [0.25, 0.3) is 0 Å². The highest BCUT2D eigenvalue weighted by Crippen LogP contribution is 2.01. The third-order valence-electron chi connectivity index (χ3n) is 1.96. The van der Waals surface area contributed by atoms with Crippen LogP contribution in [0.4, 0.5) is 0 Å². The zero-order valence-corrected chi connectivity index (χ0v) is 9.40. The third kappa shape index (κ3) is 5.33. The Hall–Kier alpha value is -1.15. The van der Waals surface area contributed by atoms with Gasteiger partial charge in [-0.25, -0.2) is 0 Å². The molecule has 0 unspecified atom stereocenters. The molecule has 0 aliphatic rings. The highest BCUT2D eigenvalue weighted by Gasteiger charge is 2.03. The van der Waals surface area contributed by atoms with Gasteiger partial charge in [-0.2, -0.15) is 0 Å². The summed E-state index contributed by atoms with van der Waals surface area (Å²) in [5.74, 6) is 0.622. The number of Topliss-reactive ketones (excluding diaryl/α,β-unsaturated/α-hetero) is 1. The standard InChI is InChI=1S/C13H18O2/c1-11(2)9-15-10-13(14)8-12-6-4-3-5-7-12/h3-7,11H,8-10H2,1-2H3. The van der Waals surface area contributed by atoms with E-state index < -0.39 is 0 Å². The first-order valence-corrected chi connectivity index (χ1v) is 5.32. The minimum absolute atomic E-state index is 0.141. The molecule has 0 bridgehead atoms. The Balaban J connectivity index is 2.25. The van der Waals surface area contributed by atoms with E-state index >= 15 is 0 Å². The predicted molar refractivity (Wildman–Crippen MR) is 60.8 cm³/mol. The molecule has 0 atom stereocenters. The summed E-state index contributed by atoms with van der Waals surface area (Å²) in [5, 5.41) is 0. The minimum atomic E-state index is 0.141. The normalized spacial score (nSPS) is 10.6. The molecule has 0 spiro atoms. The maximum atomic E-state index is 11.5. The second kappa shape index (κ2) is 6.36. The maximum Gasteiger partial charge on any atom is 0.162 e. The van der Waals surface area contributed by atoms with Crippen molar-refractivity contribution in [3.05, 3.63) is 35.9 Å². The lowest BCUT2D eigenvalue weighted by Crippen LogP contribution is -2.14. The van der Waals surface area contributed by atoms with E-state index in [9.17, 15) is 4.79 Å². The molecule has 82 valence electrons. The lowest BCUT2D eigenvalue weighted by molar-refractivity contribution is -0.123. The van der Waals surface area contributed by atoms with Crippen molar-refractivity contribution in [2.45, 2.75) is 20.3 Å². The molecule has 0 heterocycles. The highest BCUT2D eigenvalue weighted by molar-refractivity contribution is 5.81. The monoisotopic (exact) mass is 206 g/mol. The van der Waals surface area contributed by atoms with Crippen molar-refractivity contribution in [3.8, 4) is 0 Å². The lowest BCUT2D eigenvalue weighted by Gasteiger charge is -2.05. The van der Waals surface area contributed by atoms with Crippen LogP contribution in [0.5, 0.6) is 0 Å². The summed E-state index contributed by atoms with van der Waals surface area (Å²) in [4.78, 5) is 11.5. The molecule has 0 saturated carbocycles. The van der Waals surface area contributed by atoms with Crippen LogP contribution in [-0.4, -0.2) is 19.0 Å². The fourth-order valence-electron chi connectivity index (χ4n) is 1.28. The van der Waals surface area contributed by atoms with E-state index in [-0.39, 0.29) is 12.4 Å². The van der Waals surface area contributed by atoms with Gasteiger partial charge in [0.05, 0.1) is 0 Å². The Morgan fingerprint density at radius 1 is 1.27 bits per heavy atom. The summed E-state index contributed by atoms with van der Waals surface area (Å²) in [7, 11) is 0. The van der Waals surface area contributed by atoms with Crippen molar-refractivity contribution in [1.29, 1.82) is 0 Å². The van der Waals surface area contributed by atoms with Crippen LogP contribution in [0.1, 0.15) is 19.4 Å². The largest absolute Gasteiger partial charge is 0.373 e. The van der Waals surface area contributed by atoms with E-state index in [1.54, 1.807) is 0 Å². The molecular formula is C13H18O2. The smallest absolute Gasteiger partial charge is 0.162 e. The van der Waals surface area contributed by atoms with Crippen molar-refractivity contribution in [1.82, 2.24) is 0 Å². The fraction of sp³-hybridized carbons (Fsp3) is 0.462. The fourth-order valence-corrected chi connectivity index (χ4v) is 1.28. The Morgan fingerprint density at radius 2 is 1.93 bits per heavy atom. The van der Waals surface area contributed by atoms with Crippen molar-refractivity contribution < 1.29 is 9.53 Å². The van der Waals surface area contributed by atoms with Crippen LogP contribution < -0.4 is 0 Å². The molecule has 0 N–H and O–H groups in total. The van der Waals surface area contributed by atoms with Gasteiger partial charge in [-0.15, -0.1) is 0 Å². The molecule has 0 amide bonds. The van der Waals surface area contributed by atoms with E-state index in [1.807, 2.05) is 30.3 Å². The topological polar surface area (TPSA) is 26.3 Å². The third-order valence-corrected chi connectivity index (χ3v) is 1.96. The second-order valence-electron chi connectivity index (χ2n) is 4.11. The van der Waals surface area contributed by atoms with Crippen LogP contribution in [0.2, 0.25) is 0 Å². The molecule has 2 heteroatoms. The number of benzene rings is 1. The van der Waals surface area contributed by atoms with Gasteiger partial charge in [-0.3, -0.25) is 4.79 Å². The maximum absolute atomic E-state index is 11.5. The van der Waals surface area contributed by atoms with Gasteiger partial charge in [0.15, 0.2) is 5.78 Å². The van der Waals surface area contributed by atoms with Crippen LogP contribution in [-0.2, 0) is 16.0 Å². The summed E-state index contributed by atoms with van der Waals surface area (Å²) >= 11 is 0. The van der Waals surface area contributed by atoms with E-state index in [0.29, 0.717) is 18.9 Å². The molecule has 0 saturated heterocycles. The summed E-state index contributed by atoms with van der Waals surface area (Å²) in [6, 6.07) is 9.75. The number of carbonyl (C=O) groups excluding carboxylic acids is 1. The average molecular weight is 206 g/mol. The summed E-state index contributed by atoms with van der Waals surface area (Å²) < 4.78 is 5.28. The van der Waals surface area contributed by atoms with Gasteiger partial charge < -0.3 is 4.74 Å². The molecule has 0 fully saturated rings. The van der Waals surface area contributed by atoms with Crippen LogP contribution >= 0.6 is 0 Å². The van der Waals surface area contributed by atoms with Gasteiger partial charge in [0.2, 0.25) is 0 Å². The quantitative estimate of drug-likeness (QED) is 0.714. The van der Waals surface area contributed by atoms with E-state index in [1.165, 1.54) is 0 Å². The molecule has 0 aromatic heterocycles. The Bertz CT molecular complexity index is 291. The van der Waals surface area contributed by atoms with Crippen LogP contribution in [0, 0.1) is 5.92 Å². The van der Waals surface area contributed by atoms with E-state index in [0.717, 1.165) is 5.56 Å². The molecular weight excluding hydrogens is 188 g/mol. The van der Waals surface area contributed by atoms with Gasteiger partial charge in [0, 0.05) is 13.0 Å². The summed E-state index contributed by atoms with van der Waals surface area (Å²) in [6.45, 7) is 5.02. The number of rotatable bonds is 6. The summed E-state index contributed by atoms with van der Waals surface area (Å²) in [6.07, 6.45) is 0.471. The second-order valence-corrected chi connectivity index (χ2v) is 4.11. The molecule has 2 nitrogen and oxygen atoms in total. The van der Waals surface area contributed by atoms with Crippen molar-refractivity contribution in [2.24, 2.45) is 5.92 Å². The molecule has 1 aromatic rings. The summed E-state index contributed by atoms with van der Waals surface area (Å²) in [5.41, 5.74) is 1.05. The number of hydrogen-bond acceptors (Lipinski definition) is 2. The first-order chi connectivity index (χ1) is 7.18. The molecule has 0 aliphatic carbocycles. The van der Waals surface area contributed by atoms with Crippen molar-refractivity contribution in [2.75, 3.05) is 13.2 Å². The Labute approximate surface area is 91.3 Å². The van der Waals surface area contributed by atoms with Gasteiger partial charge in [-0.05, 0) is 11.5 Å². The number of hydrogen-bond donors (Lipinski definition) is 0. The first-order valence-electron chi connectivity index (χ1n) is 5.32. The molecule has 1 aromatic carbocycles. The highest BCUT2D eigenvalue weighted by atomic mass is 16.5. The van der Waals surface area contributed by atoms with Gasteiger partial charge in [-0.1, -0.05) is 44.2 Å². The first kappa shape index (κ1) is 11.9. The average Bonchev–Trinajstić information content (AvgIpc) is 2.18. The molecule has 0 radical (unpaired) electrons. The molecule has 15 heavy (non-hydrogen) atoms. The molecule has 0 aliphatic heterocycles. The minimum Gasteiger partial charge on any atom is -0.373 e. The number of ether oxygens (including phenoxy) is 1. The number of ketones is 1. The zero-order valence-electron chi connectivity index (χ0n) is 9.40. The predicted octanol–water partition coefficient (Wildman–Crippen LogP) is 2.47.